The zero-order valence-corrected chi connectivity index (χ0v) is 17.5. The van der Waals surface area contributed by atoms with E-state index in [0.29, 0.717) is 31.7 Å². The molecule has 1 aromatic rings. The van der Waals surface area contributed by atoms with Crippen LogP contribution in [0.15, 0.2) is 24.3 Å². The van der Waals surface area contributed by atoms with E-state index < -0.39 is 11.6 Å². The second-order valence-electron chi connectivity index (χ2n) is 7.94. The Kier molecular flexibility index (Phi) is 7.87. The van der Waals surface area contributed by atoms with Crippen LogP contribution in [0.2, 0.25) is 0 Å². The first-order chi connectivity index (χ1) is 13.7. The van der Waals surface area contributed by atoms with E-state index >= 15 is 0 Å². The smallest absolute Gasteiger partial charge is 0.410 e. The van der Waals surface area contributed by atoms with Crippen molar-refractivity contribution < 1.29 is 28.6 Å². The van der Waals surface area contributed by atoms with Gasteiger partial charge in [0.05, 0.1) is 13.0 Å². The average Bonchev–Trinajstić information content (AvgIpc) is 2.69. The number of carbonyl (C=O) groups is 3. The number of rotatable bonds is 6. The van der Waals surface area contributed by atoms with E-state index in [0.717, 1.165) is 5.56 Å². The van der Waals surface area contributed by atoms with Crippen LogP contribution in [0.25, 0.3) is 0 Å². The first kappa shape index (κ1) is 22.5. The number of benzene rings is 1. The van der Waals surface area contributed by atoms with Gasteiger partial charge in [0.15, 0.2) is 6.61 Å². The third kappa shape index (κ3) is 7.29. The molecule has 1 saturated heterocycles. The fourth-order valence-electron chi connectivity index (χ4n) is 2.97. The van der Waals surface area contributed by atoms with Gasteiger partial charge < -0.3 is 24.4 Å². The van der Waals surface area contributed by atoms with E-state index in [1.807, 2.05) is 45.0 Å². The predicted octanol–water partition coefficient (Wildman–Crippen LogP) is 2.50. The van der Waals surface area contributed by atoms with Gasteiger partial charge in [0.1, 0.15) is 11.4 Å². The van der Waals surface area contributed by atoms with Crippen molar-refractivity contribution in [2.45, 2.75) is 45.8 Å². The molecule has 0 bridgehead atoms. The molecule has 0 aliphatic carbocycles. The summed E-state index contributed by atoms with van der Waals surface area (Å²) in [7, 11) is 1.57. The summed E-state index contributed by atoms with van der Waals surface area (Å²) in [5, 5.41) is 2.71. The first-order valence-corrected chi connectivity index (χ1v) is 9.73. The van der Waals surface area contributed by atoms with Crippen molar-refractivity contribution in [1.82, 2.24) is 10.2 Å². The summed E-state index contributed by atoms with van der Waals surface area (Å²) in [5.41, 5.74) is 0.286. The Morgan fingerprint density at radius 3 is 2.41 bits per heavy atom. The molecule has 1 aliphatic rings. The van der Waals surface area contributed by atoms with Crippen LogP contribution in [-0.2, 0) is 25.6 Å². The molecule has 0 radical (unpaired) electrons. The Hall–Kier alpha value is -2.77. The topological polar surface area (TPSA) is 94.2 Å². The second-order valence-corrected chi connectivity index (χ2v) is 7.94. The maximum absolute atomic E-state index is 12.2. The highest BCUT2D eigenvalue weighted by Crippen LogP contribution is 2.21. The van der Waals surface area contributed by atoms with E-state index in [9.17, 15) is 14.4 Å². The molecule has 8 nitrogen and oxygen atoms in total. The van der Waals surface area contributed by atoms with Gasteiger partial charge in [-0.3, -0.25) is 9.59 Å². The monoisotopic (exact) mass is 406 g/mol. The molecule has 0 spiro atoms. The molecule has 0 aromatic heterocycles. The van der Waals surface area contributed by atoms with Gasteiger partial charge in [-0.15, -0.1) is 0 Å². The van der Waals surface area contributed by atoms with Crippen LogP contribution in [0, 0.1) is 5.92 Å². The number of para-hydroxylation sites is 1. The van der Waals surface area contributed by atoms with Crippen molar-refractivity contribution in [3.63, 3.8) is 0 Å². The summed E-state index contributed by atoms with van der Waals surface area (Å²) in [4.78, 5) is 37.9. The van der Waals surface area contributed by atoms with E-state index in [1.54, 1.807) is 12.0 Å². The molecule has 1 aliphatic heterocycles. The van der Waals surface area contributed by atoms with Gasteiger partial charge in [-0.1, -0.05) is 18.2 Å². The molecule has 1 heterocycles. The fraction of sp³-hybridized carbons (Fsp3) is 0.571. The summed E-state index contributed by atoms with van der Waals surface area (Å²) < 4.78 is 15.7. The Balaban J connectivity index is 1.70. The molecule has 29 heavy (non-hydrogen) atoms. The molecule has 0 saturated carbocycles. The van der Waals surface area contributed by atoms with Gasteiger partial charge in [-0.05, 0) is 39.7 Å². The van der Waals surface area contributed by atoms with Crippen LogP contribution in [0.4, 0.5) is 4.79 Å². The number of nitrogens with zero attached hydrogens (tertiary/aromatic N) is 1. The van der Waals surface area contributed by atoms with Crippen molar-refractivity contribution in [3.8, 4) is 5.75 Å². The predicted molar refractivity (Wildman–Crippen MR) is 106 cm³/mol. The minimum absolute atomic E-state index is 0.286. The van der Waals surface area contributed by atoms with Gasteiger partial charge >= 0.3 is 12.1 Å². The minimum atomic E-state index is -0.552. The first-order valence-electron chi connectivity index (χ1n) is 9.73. The van der Waals surface area contributed by atoms with Gasteiger partial charge in [0.25, 0.3) is 5.91 Å². The molecular formula is C21H30N2O6. The lowest BCUT2D eigenvalue weighted by Gasteiger charge is -2.32. The molecule has 0 unspecified atom stereocenters. The normalized spacial score (nSPS) is 14.8. The number of hydrogen-bond donors (Lipinski definition) is 1. The Morgan fingerprint density at radius 2 is 1.79 bits per heavy atom. The molecule has 1 fully saturated rings. The zero-order valence-electron chi connectivity index (χ0n) is 17.5. The standard InChI is InChI=1S/C21H30N2O6/c1-21(2,3)29-20(26)23-11-9-15(10-12-23)19(25)28-14-18(24)22-13-16-7-5-6-8-17(16)27-4/h5-8,15H,9-14H2,1-4H3,(H,22,24). The van der Waals surface area contributed by atoms with Gasteiger partial charge in [-0.25, -0.2) is 4.79 Å². The highest BCUT2D eigenvalue weighted by molar-refractivity contribution is 5.81. The lowest BCUT2D eigenvalue weighted by Crippen LogP contribution is -2.43. The maximum Gasteiger partial charge on any atom is 0.410 e. The van der Waals surface area contributed by atoms with Crippen molar-refractivity contribution in [3.05, 3.63) is 29.8 Å². The lowest BCUT2D eigenvalue weighted by molar-refractivity contribution is -0.154. The molecule has 2 rings (SSSR count). The highest BCUT2D eigenvalue weighted by atomic mass is 16.6. The van der Waals surface area contributed by atoms with E-state index in [-0.39, 0.29) is 31.1 Å². The number of carbonyl (C=O) groups excluding carboxylic acids is 3. The number of nitrogens with one attached hydrogen (secondary N) is 1. The highest BCUT2D eigenvalue weighted by Gasteiger charge is 2.30. The number of piperidine rings is 1. The van der Waals surface area contributed by atoms with E-state index in [2.05, 4.69) is 5.32 Å². The molecule has 2 amide bonds. The molecule has 1 N–H and O–H groups in total. The van der Waals surface area contributed by atoms with Crippen molar-refractivity contribution in [1.29, 1.82) is 0 Å². The third-order valence-corrected chi connectivity index (χ3v) is 4.49. The Morgan fingerprint density at radius 1 is 1.14 bits per heavy atom. The molecule has 160 valence electrons. The average molecular weight is 406 g/mol. The van der Waals surface area contributed by atoms with Crippen LogP contribution in [0.1, 0.15) is 39.2 Å². The summed E-state index contributed by atoms with van der Waals surface area (Å²) in [6, 6.07) is 7.36. The van der Waals surface area contributed by atoms with Gasteiger partial charge in [0, 0.05) is 25.2 Å². The van der Waals surface area contributed by atoms with Crippen LogP contribution in [0.3, 0.4) is 0 Å². The van der Waals surface area contributed by atoms with Crippen LogP contribution >= 0.6 is 0 Å². The van der Waals surface area contributed by atoms with Crippen molar-refractivity contribution in [2.24, 2.45) is 5.92 Å². The zero-order chi connectivity index (χ0) is 21.4. The van der Waals surface area contributed by atoms with Crippen LogP contribution in [0.5, 0.6) is 5.75 Å². The Bertz CT molecular complexity index is 720. The van der Waals surface area contributed by atoms with Crippen LogP contribution in [-0.4, -0.2) is 55.3 Å². The molecule has 1 aromatic carbocycles. The number of esters is 1. The summed E-state index contributed by atoms with van der Waals surface area (Å²) >= 11 is 0. The molecule has 0 atom stereocenters. The largest absolute Gasteiger partial charge is 0.496 e. The third-order valence-electron chi connectivity index (χ3n) is 4.49. The number of methoxy groups -OCH3 is 1. The summed E-state index contributed by atoms with van der Waals surface area (Å²) in [6.45, 7) is 6.24. The minimum Gasteiger partial charge on any atom is -0.496 e. The second kappa shape index (κ2) is 10.1. The number of amides is 2. The van der Waals surface area contributed by atoms with Crippen LogP contribution < -0.4 is 10.1 Å². The van der Waals surface area contributed by atoms with Crippen molar-refractivity contribution in [2.75, 3.05) is 26.8 Å². The Labute approximate surface area is 171 Å². The molecule has 8 heteroatoms. The van der Waals surface area contributed by atoms with E-state index in [4.69, 9.17) is 14.2 Å². The fourth-order valence-corrected chi connectivity index (χ4v) is 2.97. The SMILES string of the molecule is COc1ccccc1CNC(=O)COC(=O)C1CCN(C(=O)OC(C)(C)C)CC1. The quantitative estimate of drug-likeness (QED) is 0.730. The lowest BCUT2D eigenvalue weighted by atomic mass is 9.97. The number of hydrogen-bond acceptors (Lipinski definition) is 6. The molecular weight excluding hydrogens is 376 g/mol. The van der Waals surface area contributed by atoms with Gasteiger partial charge in [0.2, 0.25) is 0 Å². The number of likely N-dealkylation sites (tertiary alicyclic amines) is 1. The van der Waals surface area contributed by atoms with Crippen molar-refractivity contribution >= 4 is 18.0 Å². The maximum atomic E-state index is 12.2. The van der Waals surface area contributed by atoms with Gasteiger partial charge in [-0.2, -0.15) is 0 Å². The number of ether oxygens (including phenoxy) is 3. The van der Waals surface area contributed by atoms with E-state index in [1.165, 1.54) is 0 Å². The summed E-state index contributed by atoms with van der Waals surface area (Å²) in [5.74, 6) is -0.436. The summed E-state index contributed by atoms with van der Waals surface area (Å²) in [6.07, 6.45) is 0.599.